The predicted molar refractivity (Wildman–Crippen MR) is 105 cm³/mol. The molecule has 1 N–H and O–H groups in total. The van der Waals surface area contributed by atoms with Gasteiger partial charge < -0.3 is 14.8 Å². The molecule has 0 unspecified atom stereocenters. The van der Waals surface area contributed by atoms with Gasteiger partial charge in [-0.15, -0.1) is 0 Å². The van der Waals surface area contributed by atoms with Crippen LogP contribution in [0.1, 0.15) is 17.5 Å². The molecule has 0 bridgehead atoms. The number of aryl methyl sites for hydroxylation is 2. The number of hydrogen-bond acceptors (Lipinski definition) is 3. The second kappa shape index (κ2) is 9.29. The molecule has 2 rings (SSSR count). The molecule has 0 aliphatic rings. The highest BCUT2D eigenvalue weighted by molar-refractivity contribution is 14.1. The van der Waals surface area contributed by atoms with E-state index < -0.39 is 12.8 Å². The lowest BCUT2D eigenvalue weighted by Gasteiger charge is -2.13. The third-order valence-corrected chi connectivity index (χ3v) is 4.39. The van der Waals surface area contributed by atoms with Crippen LogP contribution in [0, 0.1) is 10.5 Å². The number of anilines is 1. The van der Waals surface area contributed by atoms with Gasteiger partial charge >= 0.3 is 6.18 Å². The number of carbonyl (C=O) groups excluding carboxylic acids is 1. The highest BCUT2D eigenvalue weighted by atomic mass is 127. The van der Waals surface area contributed by atoms with Crippen molar-refractivity contribution in [1.82, 2.24) is 0 Å². The zero-order valence-electron chi connectivity index (χ0n) is 14.8. The highest BCUT2D eigenvalue weighted by Gasteiger charge is 2.29. The molecular weight excluding hydrogens is 474 g/mol. The third kappa shape index (κ3) is 6.93. The van der Waals surface area contributed by atoms with Gasteiger partial charge in [0.05, 0.1) is 7.11 Å². The van der Waals surface area contributed by atoms with Gasteiger partial charge in [0, 0.05) is 15.7 Å². The van der Waals surface area contributed by atoms with Crippen LogP contribution in [0.5, 0.6) is 11.5 Å². The Balaban J connectivity index is 1.95. The molecule has 0 spiro atoms. The summed E-state index contributed by atoms with van der Waals surface area (Å²) in [6, 6.07) is 10.4. The lowest BCUT2D eigenvalue weighted by atomic mass is 10.1. The standard InChI is InChI=1S/C19H19F3INO3/c1-12-9-14(23)5-6-15(12)24-18(25)8-4-13-3-7-16(17(10-13)26-2)27-11-19(20,21)22/h3,5-7,9-10H,4,8,11H2,1-2H3,(H,24,25). The maximum Gasteiger partial charge on any atom is 0.422 e. The van der Waals surface area contributed by atoms with Crippen molar-refractivity contribution in [3.8, 4) is 11.5 Å². The Morgan fingerprint density at radius 1 is 1.15 bits per heavy atom. The quantitative estimate of drug-likeness (QED) is 0.545. The van der Waals surface area contributed by atoms with Crippen LogP contribution in [0.15, 0.2) is 36.4 Å². The summed E-state index contributed by atoms with van der Waals surface area (Å²) < 4.78 is 47.8. The Labute approximate surface area is 169 Å². The fourth-order valence-corrected chi connectivity index (χ4v) is 3.03. The Kier molecular flexibility index (Phi) is 7.34. The topological polar surface area (TPSA) is 47.6 Å². The van der Waals surface area contributed by atoms with Crippen molar-refractivity contribution in [2.45, 2.75) is 25.9 Å². The Bertz CT molecular complexity index is 809. The fraction of sp³-hybridized carbons (Fsp3) is 0.316. The summed E-state index contributed by atoms with van der Waals surface area (Å²) in [5.41, 5.74) is 2.50. The molecule has 0 aliphatic carbocycles. The van der Waals surface area contributed by atoms with E-state index in [4.69, 9.17) is 9.47 Å². The first kappa shape index (κ1) is 21.3. The van der Waals surface area contributed by atoms with Gasteiger partial charge in [0.25, 0.3) is 0 Å². The molecule has 0 atom stereocenters. The maximum atomic E-state index is 12.3. The molecule has 0 heterocycles. The molecule has 4 nitrogen and oxygen atoms in total. The first-order valence-electron chi connectivity index (χ1n) is 8.10. The third-order valence-electron chi connectivity index (χ3n) is 3.72. The number of ether oxygens (including phenoxy) is 2. The van der Waals surface area contributed by atoms with E-state index in [1.54, 1.807) is 12.1 Å². The first-order valence-corrected chi connectivity index (χ1v) is 9.18. The number of hydrogen-bond donors (Lipinski definition) is 1. The van der Waals surface area contributed by atoms with Crippen LogP contribution < -0.4 is 14.8 Å². The number of rotatable bonds is 7. The summed E-state index contributed by atoms with van der Waals surface area (Å²) in [6.45, 7) is 0.531. The van der Waals surface area contributed by atoms with Gasteiger partial charge in [0.1, 0.15) is 0 Å². The normalized spacial score (nSPS) is 11.2. The molecule has 1 amide bonds. The summed E-state index contributed by atoms with van der Waals surface area (Å²) in [6.07, 6.45) is -3.77. The second-order valence-electron chi connectivity index (χ2n) is 5.90. The minimum atomic E-state index is -4.42. The van der Waals surface area contributed by atoms with E-state index in [1.807, 2.05) is 25.1 Å². The van der Waals surface area contributed by atoms with Crippen LogP contribution in [0.3, 0.4) is 0 Å². The molecule has 2 aromatic rings. The average molecular weight is 493 g/mol. The molecule has 0 radical (unpaired) electrons. The number of nitrogens with one attached hydrogen (secondary N) is 1. The van der Waals surface area contributed by atoms with E-state index in [-0.39, 0.29) is 23.8 Å². The second-order valence-corrected chi connectivity index (χ2v) is 7.14. The van der Waals surface area contributed by atoms with E-state index >= 15 is 0 Å². The number of alkyl halides is 3. The minimum Gasteiger partial charge on any atom is -0.493 e. The van der Waals surface area contributed by atoms with Crippen molar-refractivity contribution < 1.29 is 27.4 Å². The molecular formula is C19H19F3INO3. The van der Waals surface area contributed by atoms with Gasteiger partial charge in [-0.05, 0) is 77.4 Å². The van der Waals surface area contributed by atoms with Crippen molar-refractivity contribution in [3.05, 3.63) is 51.1 Å². The van der Waals surface area contributed by atoms with Gasteiger partial charge in [-0.3, -0.25) is 4.79 Å². The average Bonchev–Trinajstić information content (AvgIpc) is 2.60. The Hall–Kier alpha value is -1.97. The van der Waals surface area contributed by atoms with Crippen LogP contribution in [0.25, 0.3) is 0 Å². The summed E-state index contributed by atoms with van der Waals surface area (Å²) >= 11 is 2.20. The molecule has 0 aliphatic heterocycles. The summed E-state index contributed by atoms with van der Waals surface area (Å²) in [5.74, 6) is 0.0684. The van der Waals surface area contributed by atoms with E-state index in [0.717, 1.165) is 20.4 Å². The number of amides is 1. The maximum absolute atomic E-state index is 12.3. The molecule has 0 aromatic heterocycles. The van der Waals surface area contributed by atoms with Gasteiger partial charge in [0.2, 0.25) is 5.91 Å². The van der Waals surface area contributed by atoms with Gasteiger partial charge in [-0.2, -0.15) is 13.2 Å². The highest BCUT2D eigenvalue weighted by Crippen LogP contribution is 2.30. The molecule has 8 heteroatoms. The molecule has 2 aromatic carbocycles. The van der Waals surface area contributed by atoms with E-state index in [9.17, 15) is 18.0 Å². The lowest BCUT2D eigenvalue weighted by Crippen LogP contribution is -2.19. The van der Waals surface area contributed by atoms with Crippen molar-refractivity contribution >= 4 is 34.2 Å². The monoisotopic (exact) mass is 493 g/mol. The Morgan fingerprint density at radius 2 is 1.89 bits per heavy atom. The van der Waals surface area contributed by atoms with E-state index in [2.05, 4.69) is 27.9 Å². The van der Waals surface area contributed by atoms with Crippen LogP contribution in [0.4, 0.5) is 18.9 Å². The number of carbonyl (C=O) groups is 1. The smallest absolute Gasteiger partial charge is 0.422 e. The zero-order valence-corrected chi connectivity index (χ0v) is 17.0. The fourth-order valence-electron chi connectivity index (χ4n) is 2.38. The summed E-state index contributed by atoms with van der Waals surface area (Å²) in [5, 5.41) is 2.86. The van der Waals surface area contributed by atoms with Crippen molar-refractivity contribution in [2.75, 3.05) is 19.0 Å². The van der Waals surface area contributed by atoms with Gasteiger partial charge in [-0.25, -0.2) is 0 Å². The Morgan fingerprint density at radius 3 is 2.52 bits per heavy atom. The molecule has 0 saturated heterocycles. The van der Waals surface area contributed by atoms with Crippen molar-refractivity contribution in [1.29, 1.82) is 0 Å². The molecule has 146 valence electrons. The molecule has 0 saturated carbocycles. The minimum absolute atomic E-state index is 0.0116. The number of methoxy groups -OCH3 is 1. The van der Waals surface area contributed by atoms with Crippen molar-refractivity contribution in [3.63, 3.8) is 0 Å². The SMILES string of the molecule is COc1cc(CCC(=O)Nc2ccc(I)cc2C)ccc1OCC(F)(F)F. The molecule has 0 fully saturated rings. The van der Waals surface area contributed by atoms with Crippen LogP contribution in [-0.4, -0.2) is 25.8 Å². The number of halogens is 4. The lowest BCUT2D eigenvalue weighted by molar-refractivity contribution is -0.153. The summed E-state index contributed by atoms with van der Waals surface area (Å²) in [4.78, 5) is 12.2. The number of benzene rings is 2. The molecule has 27 heavy (non-hydrogen) atoms. The largest absolute Gasteiger partial charge is 0.493 e. The first-order chi connectivity index (χ1) is 12.7. The van der Waals surface area contributed by atoms with Crippen LogP contribution >= 0.6 is 22.6 Å². The zero-order chi connectivity index (χ0) is 20.0. The summed E-state index contributed by atoms with van der Waals surface area (Å²) in [7, 11) is 1.35. The van der Waals surface area contributed by atoms with Crippen LogP contribution in [-0.2, 0) is 11.2 Å². The van der Waals surface area contributed by atoms with Crippen LogP contribution in [0.2, 0.25) is 0 Å². The van der Waals surface area contributed by atoms with Gasteiger partial charge in [0.15, 0.2) is 18.1 Å². The van der Waals surface area contributed by atoms with Gasteiger partial charge in [-0.1, -0.05) is 6.07 Å². The van der Waals surface area contributed by atoms with E-state index in [0.29, 0.717) is 6.42 Å². The van der Waals surface area contributed by atoms with E-state index in [1.165, 1.54) is 13.2 Å². The van der Waals surface area contributed by atoms with Crippen molar-refractivity contribution in [2.24, 2.45) is 0 Å². The predicted octanol–water partition coefficient (Wildman–Crippen LogP) is 5.12.